The molecule has 0 heterocycles. The highest BCUT2D eigenvalue weighted by atomic mass is 32.1. The number of aliphatic carboxylic acids is 2. The molecule has 92 valence electrons. The summed E-state index contributed by atoms with van der Waals surface area (Å²) in [4.78, 5) is 31.9. The van der Waals surface area contributed by atoms with Crippen LogP contribution in [0.3, 0.4) is 0 Å². The van der Waals surface area contributed by atoms with E-state index in [1.807, 2.05) is 0 Å². The number of hydrogen-bond acceptors (Lipinski definition) is 5. The Kier molecular flexibility index (Phi) is 6.27. The quantitative estimate of drug-likeness (QED) is 0.304. The lowest BCUT2D eigenvalue weighted by atomic mass is 10.3. The van der Waals surface area contributed by atoms with Gasteiger partial charge in [0.1, 0.15) is 12.1 Å². The van der Waals surface area contributed by atoms with Crippen LogP contribution in [0, 0.1) is 0 Å². The normalized spacial score (nSPS) is 13.6. The zero-order valence-corrected chi connectivity index (χ0v) is 9.11. The first-order valence-electron chi connectivity index (χ1n) is 4.25. The molecule has 9 heteroatoms. The average molecular weight is 251 g/mol. The van der Waals surface area contributed by atoms with Gasteiger partial charge in [0.15, 0.2) is 0 Å². The van der Waals surface area contributed by atoms with E-state index >= 15 is 0 Å². The summed E-state index contributed by atoms with van der Waals surface area (Å²) in [6, 6.07) is -3.17. The van der Waals surface area contributed by atoms with E-state index in [9.17, 15) is 14.4 Å². The van der Waals surface area contributed by atoms with Gasteiger partial charge in [-0.3, -0.25) is 4.79 Å². The van der Waals surface area contributed by atoms with Gasteiger partial charge in [-0.2, -0.15) is 12.6 Å². The van der Waals surface area contributed by atoms with Crippen molar-refractivity contribution in [2.45, 2.75) is 12.1 Å². The summed E-state index contributed by atoms with van der Waals surface area (Å²) in [5, 5.41) is 21.2. The number of thiol groups is 1. The summed E-state index contributed by atoms with van der Waals surface area (Å²) in [5.74, 6) is -2.56. The number of carbonyl (C=O) groups is 3. The van der Waals surface area contributed by atoms with Gasteiger partial charge in [0.2, 0.25) is 0 Å². The van der Waals surface area contributed by atoms with Gasteiger partial charge in [-0.15, -0.1) is 0 Å². The van der Waals surface area contributed by atoms with Crippen molar-refractivity contribution in [1.29, 1.82) is 0 Å². The Hall–Kier alpha value is -1.48. The van der Waals surface area contributed by atoms with Crippen LogP contribution < -0.4 is 16.4 Å². The highest BCUT2D eigenvalue weighted by Gasteiger charge is 2.19. The summed E-state index contributed by atoms with van der Waals surface area (Å²) in [5.41, 5.74) is 5.11. The number of urea groups is 1. The molecule has 0 spiro atoms. The lowest BCUT2D eigenvalue weighted by molar-refractivity contribution is -0.139. The molecule has 16 heavy (non-hydrogen) atoms. The molecule has 0 rings (SSSR count). The van der Waals surface area contributed by atoms with Gasteiger partial charge in [0.25, 0.3) is 0 Å². The summed E-state index contributed by atoms with van der Waals surface area (Å²) >= 11 is 3.73. The number of carboxylic acid groups (broad SMARTS) is 2. The molecule has 1 unspecified atom stereocenters. The maximum absolute atomic E-state index is 11.1. The predicted octanol–water partition coefficient (Wildman–Crippen LogP) is -1.92. The Labute approximate surface area is 96.6 Å². The standard InChI is InChI=1S/C7H13N3O5S/c8-3(5(11)12)1-9-7(15)10-4(2-16)6(13)14/h3-4,16H,1-2,8H2,(H,11,12)(H,13,14)(H2,9,10,15)/t3-,4?/m0/s1. The van der Waals surface area contributed by atoms with E-state index in [2.05, 4.69) is 23.3 Å². The van der Waals surface area contributed by atoms with Gasteiger partial charge in [-0.05, 0) is 0 Å². The molecule has 0 saturated heterocycles. The van der Waals surface area contributed by atoms with Crippen molar-refractivity contribution in [2.24, 2.45) is 5.73 Å². The van der Waals surface area contributed by atoms with Crippen molar-refractivity contribution in [3.05, 3.63) is 0 Å². The number of hydrogen-bond donors (Lipinski definition) is 6. The predicted molar refractivity (Wildman–Crippen MR) is 57.4 cm³/mol. The molecule has 0 aromatic carbocycles. The van der Waals surface area contributed by atoms with E-state index in [-0.39, 0.29) is 12.3 Å². The van der Waals surface area contributed by atoms with Crippen molar-refractivity contribution < 1.29 is 24.6 Å². The number of amides is 2. The van der Waals surface area contributed by atoms with Crippen LogP contribution in [0.2, 0.25) is 0 Å². The first kappa shape index (κ1) is 14.5. The molecule has 2 amide bonds. The Balaban J connectivity index is 3.99. The molecule has 0 aliphatic heterocycles. The van der Waals surface area contributed by atoms with Crippen molar-refractivity contribution in [1.82, 2.24) is 10.6 Å². The summed E-state index contributed by atoms with van der Waals surface area (Å²) < 4.78 is 0. The molecule has 2 atom stereocenters. The number of rotatable bonds is 6. The Morgan fingerprint density at radius 2 is 1.81 bits per heavy atom. The van der Waals surface area contributed by atoms with E-state index < -0.39 is 30.1 Å². The zero-order chi connectivity index (χ0) is 12.7. The first-order chi connectivity index (χ1) is 7.38. The third kappa shape index (κ3) is 5.41. The van der Waals surface area contributed by atoms with E-state index in [0.717, 1.165) is 0 Å². The second-order valence-corrected chi connectivity index (χ2v) is 3.24. The molecule has 8 nitrogen and oxygen atoms in total. The number of carbonyl (C=O) groups excluding carboxylic acids is 1. The Morgan fingerprint density at radius 3 is 2.19 bits per heavy atom. The van der Waals surface area contributed by atoms with Crippen molar-refractivity contribution in [2.75, 3.05) is 12.3 Å². The van der Waals surface area contributed by atoms with Crippen LogP contribution >= 0.6 is 12.6 Å². The Bertz CT molecular complexity index is 285. The second-order valence-electron chi connectivity index (χ2n) is 2.87. The third-order valence-electron chi connectivity index (χ3n) is 1.59. The van der Waals surface area contributed by atoms with Crippen molar-refractivity contribution in [3.63, 3.8) is 0 Å². The van der Waals surface area contributed by atoms with Crippen LogP contribution in [-0.4, -0.2) is 52.6 Å². The minimum atomic E-state index is -1.26. The number of carboxylic acids is 2. The van der Waals surface area contributed by atoms with Crippen LogP contribution in [0.15, 0.2) is 0 Å². The monoisotopic (exact) mass is 251 g/mol. The van der Waals surface area contributed by atoms with Gasteiger partial charge in [-0.25, -0.2) is 9.59 Å². The molecule has 0 aliphatic rings. The molecule has 0 aromatic heterocycles. The van der Waals surface area contributed by atoms with Crippen LogP contribution in [0.4, 0.5) is 4.79 Å². The minimum Gasteiger partial charge on any atom is -0.480 e. The SMILES string of the molecule is N[C@@H](CNC(=O)NC(CS)C(=O)O)C(=O)O. The van der Waals surface area contributed by atoms with Crippen LogP contribution in [0.25, 0.3) is 0 Å². The first-order valence-corrected chi connectivity index (χ1v) is 4.88. The van der Waals surface area contributed by atoms with Crippen LogP contribution in [0.1, 0.15) is 0 Å². The average Bonchev–Trinajstić information content (AvgIpc) is 2.21. The summed E-state index contributed by atoms with van der Waals surface area (Å²) in [7, 11) is 0. The minimum absolute atomic E-state index is 0.0757. The molecule has 0 radical (unpaired) electrons. The molecule has 0 aliphatic carbocycles. The molecule has 0 saturated carbocycles. The fraction of sp³-hybridized carbons (Fsp3) is 0.571. The topological polar surface area (TPSA) is 142 Å². The summed E-state index contributed by atoms with van der Waals surface area (Å²) in [6.45, 7) is -0.292. The summed E-state index contributed by atoms with van der Waals surface area (Å²) in [6.07, 6.45) is 0. The fourth-order valence-electron chi connectivity index (χ4n) is 0.685. The van der Waals surface area contributed by atoms with E-state index in [1.54, 1.807) is 0 Å². The lowest BCUT2D eigenvalue weighted by Gasteiger charge is -2.13. The highest BCUT2D eigenvalue weighted by molar-refractivity contribution is 7.80. The Morgan fingerprint density at radius 1 is 1.25 bits per heavy atom. The largest absolute Gasteiger partial charge is 0.480 e. The van der Waals surface area contributed by atoms with Gasteiger partial charge in [0.05, 0.1) is 0 Å². The van der Waals surface area contributed by atoms with E-state index in [1.165, 1.54) is 0 Å². The van der Waals surface area contributed by atoms with Crippen molar-refractivity contribution in [3.8, 4) is 0 Å². The maximum atomic E-state index is 11.1. The van der Waals surface area contributed by atoms with Crippen molar-refractivity contribution >= 4 is 30.6 Å². The lowest BCUT2D eigenvalue weighted by Crippen LogP contribution is -2.50. The molecule has 0 fully saturated rings. The van der Waals surface area contributed by atoms with Gasteiger partial charge in [-0.1, -0.05) is 0 Å². The number of nitrogens with one attached hydrogen (secondary N) is 2. The third-order valence-corrected chi connectivity index (χ3v) is 1.95. The zero-order valence-electron chi connectivity index (χ0n) is 8.21. The highest BCUT2D eigenvalue weighted by Crippen LogP contribution is 1.88. The molecular formula is C7H13N3O5S. The van der Waals surface area contributed by atoms with Gasteiger partial charge >= 0.3 is 18.0 Å². The second kappa shape index (κ2) is 6.90. The molecule has 6 N–H and O–H groups in total. The molecular weight excluding hydrogens is 238 g/mol. The smallest absolute Gasteiger partial charge is 0.327 e. The van der Waals surface area contributed by atoms with Crippen LogP contribution in [-0.2, 0) is 9.59 Å². The number of nitrogens with two attached hydrogens (primary N) is 1. The van der Waals surface area contributed by atoms with Crippen LogP contribution in [0.5, 0.6) is 0 Å². The van der Waals surface area contributed by atoms with Gasteiger partial charge in [0, 0.05) is 12.3 Å². The van der Waals surface area contributed by atoms with E-state index in [4.69, 9.17) is 15.9 Å². The van der Waals surface area contributed by atoms with E-state index in [0.29, 0.717) is 0 Å². The molecule has 0 aromatic rings. The van der Waals surface area contributed by atoms with Gasteiger partial charge < -0.3 is 26.6 Å². The molecule has 0 bridgehead atoms. The maximum Gasteiger partial charge on any atom is 0.327 e. The fourth-order valence-corrected chi connectivity index (χ4v) is 0.932.